The quantitative estimate of drug-likeness (QED) is 0.672. The van der Waals surface area contributed by atoms with Crippen molar-refractivity contribution in [2.24, 2.45) is 0 Å². The van der Waals surface area contributed by atoms with E-state index < -0.39 is 10.0 Å². The largest absolute Gasteiger partial charge is 0.294 e. The lowest BCUT2D eigenvalue weighted by Gasteiger charge is -2.33. The number of benzene rings is 2. The Morgan fingerprint density at radius 2 is 1.78 bits per heavy atom. The Balaban J connectivity index is 1.43. The Kier molecular flexibility index (Phi) is 5.03. The molecule has 1 saturated heterocycles. The van der Waals surface area contributed by atoms with Gasteiger partial charge in [0, 0.05) is 26.2 Å². The average Bonchev–Trinajstić information content (AvgIpc) is 3.04. The van der Waals surface area contributed by atoms with E-state index in [4.69, 9.17) is 0 Å². The number of aryl methyl sites for hydroxylation is 2. The number of hydrogen-bond acceptors (Lipinski definition) is 5. The van der Waals surface area contributed by atoms with Crippen LogP contribution in [0.15, 0.2) is 47.4 Å². The van der Waals surface area contributed by atoms with E-state index in [1.165, 1.54) is 4.70 Å². The number of para-hydroxylation sites is 1. The minimum absolute atomic E-state index is 0.424. The predicted octanol–water partition coefficient (Wildman–Crippen LogP) is 3.42. The molecule has 2 heterocycles. The van der Waals surface area contributed by atoms with Crippen molar-refractivity contribution in [3.8, 4) is 0 Å². The van der Waals surface area contributed by atoms with Crippen LogP contribution in [0.1, 0.15) is 16.1 Å². The SMILES string of the molecule is Cc1ccc(S(=O)(=O)N2CCN(Cc3nc4ccccc4s3)CC2)c(C)c1. The molecule has 2 aromatic carbocycles. The second-order valence-corrected chi connectivity index (χ2v) is 10.0. The highest BCUT2D eigenvalue weighted by Gasteiger charge is 2.29. The number of piperazine rings is 1. The zero-order valence-corrected chi connectivity index (χ0v) is 17.2. The van der Waals surface area contributed by atoms with E-state index in [0.29, 0.717) is 18.0 Å². The van der Waals surface area contributed by atoms with Crippen molar-refractivity contribution in [3.05, 3.63) is 58.6 Å². The summed E-state index contributed by atoms with van der Waals surface area (Å²) in [6.07, 6.45) is 0. The van der Waals surface area contributed by atoms with E-state index in [1.54, 1.807) is 21.7 Å². The van der Waals surface area contributed by atoms with Gasteiger partial charge in [-0.1, -0.05) is 29.8 Å². The van der Waals surface area contributed by atoms with Crippen molar-refractivity contribution in [2.75, 3.05) is 26.2 Å². The zero-order valence-electron chi connectivity index (χ0n) is 15.6. The highest BCUT2D eigenvalue weighted by Crippen LogP contribution is 2.25. The summed E-state index contributed by atoms with van der Waals surface area (Å²) in [5, 5.41) is 1.09. The molecule has 0 amide bonds. The third kappa shape index (κ3) is 3.78. The average molecular weight is 402 g/mol. The molecule has 0 bridgehead atoms. The Morgan fingerprint density at radius 1 is 1.04 bits per heavy atom. The van der Waals surface area contributed by atoms with Gasteiger partial charge in [-0.2, -0.15) is 4.31 Å². The predicted molar refractivity (Wildman–Crippen MR) is 110 cm³/mol. The van der Waals surface area contributed by atoms with Gasteiger partial charge in [-0.05, 0) is 37.6 Å². The molecule has 0 saturated carbocycles. The van der Waals surface area contributed by atoms with Crippen molar-refractivity contribution in [3.63, 3.8) is 0 Å². The number of sulfonamides is 1. The first kappa shape index (κ1) is 18.6. The molecule has 5 nitrogen and oxygen atoms in total. The third-order valence-electron chi connectivity index (χ3n) is 4.98. The molecule has 0 spiro atoms. The lowest BCUT2D eigenvalue weighted by Crippen LogP contribution is -2.48. The number of aromatic nitrogens is 1. The number of nitrogens with zero attached hydrogens (tertiary/aromatic N) is 3. The molecule has 1 aliphatic rings. The first-order valence-corrected chi connectivity index (χ1v) is 11.3. The fourth-order valence-electron chi connectivity index (χ4n) is 3.53. The number of rotatable bonds is 4. The lowest BCUT2D eigenvalue weighted by atomic mass is 10.2. The summed E-state index contributed by atoms with van der Waals surface area (Å²) in [4.78, 5) is 7.39. The zero-order chi connectivity index (χ0) is 19.0. The highest BCUT2D eigenvalue weighted by molar-refractivity contribution is 7.89. The van der Waals surface area contributed by atoms with Gasteiger partial charge in [0.15, 0.2) is 0 Å². The summed E-state index contributed by atoms with van der Waals surface area (Å²) < 4.78 is 28.8. The van der Waals surface area contributed by atoms with Gasteiger partial charge in [-0.15, -0.1) is 11.3 Å². The van der Waals surface area contributed by atoms with Gasteiger partial charge in [0.25, 0.3) is 0 Å². The van der Waals surface area contributed by atoms with Crippen LogP contribution in [0.2, 0.25) is 0 Å². The minimum Gasteiger partial charge on any atom is -0.294 e. The fourth-order valence-corrected chi connectivity index (χ4v) is 6.17. The van der Waals surface area contributed by atoms with Crippen LogP contribution >= 0.6 is 11.3 Å². The van der Waals surface area contributed by atoms with Gasteiger partial charge in [0.05, 0.1) is 21.7 Å². The summed E-state index contributed by atoms with van der Waals surface area (Å²) >= 11 is 1.71. The van der Waals surface area contributed by atoms with Crippen LogP contribution in [0.5, 0.6) is 0 Å². The first-order valence-electron chi connectivity index (χ1n) is 9.08. The Morgan fingerprint density at radius 3 is 2.48 bits per heavy atom. The van der Waals surface area contributed by atoms with Crippen LogP contribution in [0.3, 0.4) is 0 Å². The summed E-state index contributed by atoms with van der Waals surface area (Å²) in [6.45, 7) is 7.09. The van der Waals surface area contributed by atoms with Crippen molar-refractivity contribution >= 4 is 31.6 Å². The molecule has 0 aliphatic carbocycles. The Bertz CT molecular complexity index is 1030. The molecule has 0 unspecified atom stereocenters. The summed E-state index contributed by atoms with van der Waals surface area (Å²) in [5.74, 6) is 0. The molecule has 27 heavy (non-hydrogen) atoms. The molecule has 0 radical (unpaired) electrons. The summed E-state index contributed by atoms with van der Waals surface area (Å²) in [6, 6.07) is 13.7. The van der Waals surface area contributed by atoms with E-state index >= 15 is 0 Å². The molecule has 1 fully saturated rings. The lowest BCUT2D eigenvalue weighted by molar-refractivity contribution is 0.181. The van der Waals surface area contributed by atoms with Crippen LogP contribution in [0.4, 0.5) is 0 Å². The summed E-state index contributed by atoms with van der Waals surface area (Å²) in [5.41, 5.74) is 2.92. The van der Waals surface area contributed by atoms with Crippen LogP contribution in [0, 0.1) is 13.8 Å². The normalized spacial score (nSPS) is 16.8. The molecule has 4 rings (SSSR count). The van der Waals surface area contributed by atoms with E-state index in [2.05, 4.69) is 16.0 Å². The molecule has 0 atom stereocenters. The topological polar surface area (TPSA) is 53.5 Å². The smallest absolute Gasteiger partial charge is 0.243 e. The van der Waals surface area contributed by atoms with Gasteiger partial charge in [0.1, 0.15) is 5.01 Å². The molecule has 1 aromatic heterocycles. The third-order valence-corrected chi connectivity index (χ3v) is 8.06. The second kappa shape index (κ2) is 7.31. The Hall–Kier alpha value is -1.80. The van der Waals surface area contributed by atoms with Crippen LogP contribution in [-0.2, 0) is 16.6 Å². The van der Waals surface area contributed by atoms with Crippen LogP contribution in [0.25, 0.3) is 10.2 Å². The maximum Gasteiger partial charge on any atom is 0.243 e. The molecule has 142 valence electrons. The van der Waals surface area contributed by atoms with E-state index in [0.717, 1.165) is 41.3 Å². The van der Waals surface area contributed by atoms with Crippen molar-refractivity contribution < 1.29 is 8.42 Å². The molecular weight excluding hydrogens is 378 g/mol. The fraction of sp³-hybridized carbons (Fsp3) is 0.350. The van der Waals surface area contributed by atoms with E-state index in [-0.39, 0.29) is 0 Å². The van der Waals surface area contributed by atoms with Crippen molar-refractivity contribution in [1.29, 1.82) is 0 Å². The molecular formula is C20H23N3O2S2. The van der Waals surface area contributed by atoms with Gasteiger partial charge < -0.3 is 0 Å². The Labute approximate surface area is 164 Å². The van der Waals surface area contributed by atoms with Crippen LogP contribution < -0.4 is 0 Å². The highest BCUT2D eigenvalue weighted by atomic mass is 32.2. The van der Waals surface area contributed by atoms with Gasteiger partial charge in [-0.3, -0.25) is 4.90 Å². The number of hydrogen-bond donors (Lipinski definition) is 0. The molecule has 0 N–H and O–H groups in total. The molecule has 1 aliphatic heterocycles. The number of fused-ring (bicyclic) bond motifs is 1. The minimum atomic E-state index is -3.43. The molecule has 3 aromatic rings. The molecule has 7 heteroatoms. The number of thiazole rings is 1. The van der Waals surface area contributed by atoms with Gasteiger partial charge >= 0.3 is 0 Å². The monoisotopic (exact) mass is 401 g/mol. The van der Waals surface area contributed by atoms with Gasteiger partial charge in [0.2, 0.25) is 10.0 Å². The van der Waals surface area contributed by atoms with E-state index in [9.17, 15) is 8.42 Å². The van der Waals surface area contributed by atoms with E-state index in [1.807, 2.05) is 44.2 Å². The van der Waals surface area contributed by atoms with Crippen molar-refractivity contribution in [1.82, 2.24) is 14.2 Å². The standard InChI is InChI=1S/C20H23N3O2S2/c1-15-7-8-19(16(2)13-15)27(24,25)23-11-9-22(10-12-23)14-20-21-17-5-3-4-6-18(17)26-20/h3-8,13H,9-12,14H2,1-2H3. The maximum atomic E-state index is 13.0. The second-order valence-electron chi connectivity index (χ2n) is 7.02. The summed E-state index contributed by atoms with van der Waals surface area (Å²) in [7, 11) is -3.43. The van der Waals surface area contributed by atoms with Crippen molar-refractivity contribution in [2.45, 2.75) is 25.3 Å². The maximum absolute atomic E-state index is 13.0. The van der Waals surface area contributed by atoms with Gasteiger partial charge in [-0.25, -0.2) is 13.4 Å². The first-order chi connectivity index (χ1) is 12.9. The van der Waals surface area contributed by atoms with Crippen LogP contribution in [-0.4, -0.2) is 48.8 Å².